The lowest BCUT2D eigenvalue weighted by Gasteiger charge is -1.96. The van der Waals surface area contributed by atoms with Crippen LogP contribution in [-0.4, -0.2) is 6.29 Å². The number of carbonyl (C=O) groups excluding carboxylic acids is 1. The third-order valence-electron chi connectivity index (χ3n) is 1.47. The zero-order valence-electron chi connectivity index (χ0n) is 6.41. The Morgan fingerprint density at radius 3 is 2.00 bits per heavy atom. The van der Waals surface area contributed by atoms with E-state index in [1.54, 1.807) is 12.1 Å². The highest BCUT2D eigenvalue weighted by Gasteiger charge is 2.09. The first-order chi connectivity index (χ1) is 6.22. The molecule has 0 spiro atoms. The van der Waals surface area contributed by atoms with Crippen LogP contribution in [0.25, 0.3) is 0 Å². The van der Waals surface area contributed by atoms with E-state index in [-0.39, 0.29) is 16.7 Å². The maximum Gasteiger partial charge on any atom is 0.158 e. The summed E-state index contributed by atoms with van der Waals surface area (Å²) in [7, 11) is 0. The zero-order valence-corrected chi connectivity index (χ0v) is 6.41. The van der Waals surface area contributed by atoms with Gasteiger partial charge in [0.25, 0.3) is 0 Å². The molecule has 13 heavy (non-hydrogen) atoms. The van der Waals surface area contributed by atoms with E-state index in [9.17, 15) is 9.18 Å². The number of nitriles is 2. The van der Waals surface area contributed by atoms with Gasteiger partial charge < -0.3 is 0 Å². The third kappa shape index (κ3) is 1.52. The quantitative estimate of drug-likeness (QED) is 0.604. The lowest BCUT2D eigenvalue weighted by Crippen LogP contribution is -1.93. The molecule has 0 saturated carbocycles. The Hall–Kier alpha value is -2.20. The molecule has 0 saturated heterocycles. The van der Waals surface area contributed by atoms with Crippen LogP contribution in [0.4, 0.5) is 4.39 Å². The van der Waals surface area contributed by atoms with E-state index in [0.29, 0.717) is 6.29 Å². The molecule has 0 atom stereocenters. The van der Waals surface area contributed by atoms with Crippen LogP contribution >= 0.6 is 0 Å². The highest BCUT2D eigenvalue weighted by atomic mass is 19.1. The van der Waals surface area contributed by atoms with Gasteiger partial charge in [-0.3, -0.25) is 4.79 Å². The number of hydrogen-bond donors (Lipinski definition) is 0. The largest absolute Gasteiger partial charge is 0.298 e. The Morgan fingerprint density at radius 1 is 1.23 bits per heavy atom. The lowest BCUT2D eigenvalue weighted by atomic mass is 10.1. The summed E-state index contributed by atoms with van der Waals surface area (Å²) in [4.78, 5) is 10.3. The monoisotopic (exact) mass is 174 g/mol. The highest BCUT2D eigenvalue weighted by molar-refractivity contribution is 5.76. The number of hydrogen-bond acceptors (Lipinski definition) is 3. The predicted octanol–water partition coefficient (Wildman–Crippen LogP) is 1.38. The Bertz CT molecular complexity index is 405. The van der Waals surface area contributed by atoms with Crippen LogP contribution in [0.15, 0.2) is 12.1 Å². The van der Waals surface area contributed by atoms with Crippen LogP contribution in [0.5, 0.6) is 0 Å². The van der Waals surface area contributed by atoms with Crippen LogP contribution in [0.2, 0.25) is 0 Å². The minimum atomic E-state index is -0.879. The minimum Gasteiger partial charge on any atom is -0.298 e. The molecule has 0 fully saturated rings. The van der Waals surface area contributed by atoms with Crippen LogP contribution in [0, 0.1) is 28.5 Å². The molecule has 0 aliphatic heterocycles. The first-order valence-electron chi connectivity index (χ1n) is 3.32. The van der Waals surface area contributed by atoms with Crippen molar-refractivity contribution in [2.45, 2.75) is 0 Å². The van der Waals surface area contributed by atoms with Gasteiger partial charge in [0.15, 0.2) is 5.82 Å². The standard InChI is InChI=1S/C9H3FN2O/c10-9-7(3-11)1-6(5-13)2-8(9)4-12/h1-2,5H. The molecule has 3 nitrogen and oxygen atoms in total. The second kappa shape index (κ2) is 3.46. The third-order valence-corrected chi connectivity index (χ3v) is 1.47. The summed E-state index contributed by atoms with van der Waals surface area (Å²) in [5, 5.41) is 16.9. The molecule has 0 aromatic heterocycles. The van der Waals surface area contributed by atoms with Crippen molar-refractivity contribution in [1.29, 1.82) is 10.5 Å². The minimum absolute atomic E-state index is 0.120. The van der Waals surface area contributed by atoms with E-state index in [2.05, 4.69) is 0 Å². The molecule has 1 aromatic carbocycles. The average Bonchev–Trinajstić information content (AvgIpc) is 2.18. The van der Waals surface area contributed by atoms with Crippen LogP contribution in [-0.2, 0) is 0 Å². The second-order valence-corrected chi connectivity index (χ2v) is 2.27. The van der Waals surface area contributed by atoms with Gasteiger partial charge in [-0.15, -0.1) is 0 Å². The first kappa shape index (κ1) is 8.89. The molecular formula is C9H3FN2O. The van der Waals surface area contributed by atoms with Gasteiger partial charge in [0, 0.05) is 5.56 Å². The Kier molecular flexibility index (Phi) is 2.37. The summed E-state index contributed by atoms with van der Waals surface area (Å²) in [5.41, 5.74) is -0.461. The number of carbonyl (C=O) groups is 1. The number of aldehydes is 1. The Morgan fingerprint density at radius 2 is 1.69 bits per heavy atom. The van der Waals surface area contributed by atoms with Gasteiger partial charge >= 0.3 is 0 Å². The fraction of sp³-hybridized carbons (Fsp3) is 0. The molecule has 62 valence electrons. The van der Waals surface area contributed by atoms with E-state index in [1.165, 1.54) is 0 Å². The fourth-order valence-corrected chi connectivity index (χ4v) is 0.878. The molecule has 4 heteroatoms. The highest BCUT2D eigenvalue weighted by Crippen LogP contribution is 2.13. The molecular weight excluding hydrogens is 171 g/mol. The summed E-state index contributed by atoms with van der Waals surface area (Å²) < 4.78 is 13.0. The molecule has 1 aromatic rings. The maximum atomic E-state index is 13.0. The van der Waals surface area contributed by atoms with E-state index in [4.69, 9.17) is 10.5 Å². The summed E-state index contributed by atoms with van der Waals surface area (Å²) in [6.45, 7) is 0. The lowest BCUT2D eigenvalue weighted by molar-refractivity contribution is 0.112. The van der Waals surface area contributed by atoms with Gasteiger partial charge in [-0.1, -0.05) is 0 Å². The fourth-order valence-electron chi connectivity index (χ4n) is 0.878. The summed E-state index contributed by atoms with van der Waals surface area (Å²) in [6, 6.07) is 5.32. The van der Waals surface area contributed by atoms with Crippen molar-refractivity contribution in [3.63, 3.8) is 0 Å². The maximum absolute atomic E-state index is 13.0. The molecule has 0 unspecified atom stereocenters. The number of rotatable bonds is 1. The van der Waals surface area contributed by atoms with Crippen LogP contribution in [0.1, 0.15) is 21.5 Å². The molecule has 0 heterocycles. The topological polar surface area (TPSA) is 64.7 Å². The van der Waals surface area contributed by atoms with Gasteiger partial charge in [-0.2, -0.15) is 10.5 Å². The average molecular weight is 174 g/mol. The summed E-state index contributed by atoms with van der Waals surface area (Å²) in [6.07, 6.45) is 0.459. The van der Waals surface area contributed by atoms with Gasteiger partial charge in [0.1, 0.15) is 18.4 Å². The SMILES string of the molecule is N#Cc1cc(C=O)cc(C#N)c1F. The molecule has 0 bridgehead atoms. The molecule has 0 amide bonds. The van der Waals surface area contributed by atoms with E-state index < -0.39 is 5.82 Å². The van der Waals surface area contributed by atoms with Gasteiger partial charge in [0.2, 0.25) is 0 Å². The first-order valence-corrected chi connectivity index (χ1v) is 3.32. The summed E-state index contributed by atoms with van der Waals surface area (Å²) in [5.74, 6) is -0.879. The van der Waals surface area contributed by atoms with Gasteiger partial charge in [-0.05, 0) is 12.1 Å². The van der Waals surface area contributed by atoms with Crippen molar-refractivity contribution in [2.75, 3.05) is 0 Å². The van der Waals surface area contributed by atoms with E-state index >= 15 is 0 Å². The smallest absolute Gasteiger partial charge is 0.158 e. The van der Waals surface area contributed by atoms with Crippen LogP contribution < -0.4 is 0 Å². The molecule has 1 rings (SSSR count). The Balaban J connectivity index is 3.50. The van der Waals surface area contributed by atoms with Crippen molar-refractivity contribution in [3.8, 4) is 12.1 Å². The summed E-state index contributed by atoms with van der Waals surface area (Å²) >= 11 is 0. The normalized spacial score (nSPS) is 8.54. The molecule has 0 radical (unpaired) electrons. The zero-order chi connectivity index (χ0) is 9.84. The Labute approximate surface area is 73.6 Å². The molecule has 0 aliphatic carbocycles. The van der Waals surface area contributed by atoms with Crippen molar-refractivity contribution in [3.05, 3.63) is 34.6 Å². The van der Waals surface area contributed by atoms with Crippen molar-refractivity contribution < 1.29 is 9.18 Å². The second-order valence-electron chi connectivity index (χ2n) is 2.27. The number of benzene rings is 1. The van der Waals surface area contributed by atoms with Gasteiger partial charge in [-0.25, -0.2) is 4.39 Å². The molecule has 0 N–H and O–H groups in total. The van der Waals surface area contributed by atoms with Crippen LogP contribution in [0.3, 0.4) is 0 Å². The van der Waals surface area contributed by atoms with Crippen molar-refractivity contribution in [2.24, 2.45) is 0 Å². The van der Waals surface area contributed by atoms with Gasteiger partial charge in [0.05, 0.1) is 11.1 Å². The molecule has 0 aliphatic rings. The number of nitrogens with zero attached hydrogens (tertiary/aromatic N) is 2. The number of halogens is 1. The predicted molar refractivity (Wildman–Crippen MR) is 41.2 cm³/mol. The van der Waals surface area contributed by atoms with E-state index in [0.717, 1.165) is 12.1 Å². The van der Waals surface area contributed by atoms with Crippen molar-refractivity contribution >= 4 is 6.29 Å². The van der Waals surface area contributed by atoms with E-state index in [1.807, 2.05) is 0 Å². The van der Waals surface area contributed by atoms with Crippen molar-refractivity contribution in [1.82, 2.24) is 0 Å².